The first-order chi connectivity index (χ1) is 12.1. The Labute approximate surface area is 143 Å². The summed E-state index contributed by atoms with van der Waals surface area (Å²) in [6.45, 7) is 2.72. The molecule has 4 heterocycles. The molecule has 1 saturated heterocycles. The quantitative estimate of drug-likeness (QED) is 0.743. The second-order valence-corrected chi connectivity index (χ2v) is 6.21. The van der Waals surface area contributed by atoms with Crippen molar-refractivity contribution in [2.45, 2.75) is 19.9 Å². The molecule has 1 aliphatic heterocycles. The number of anilines is 1. The predicted octanol–water partition coefficient (Wildman–Crippen LogP) is 1.04. The molecule has 8 heteroatoms. The second-order valence-electron chi connectivity index (χ2n) is 6.21. The molecular formula is C17H18N6O2. The van der Waals surface area contributed by atoms with E-state index in [-0.39, 0.29) is 24.2 Å². The molecule has 0 aliphatic carbocycles. The van der Waals surface area contributed by atoms with Crippen molar-refractivity contribution in [2.75, 3.05) is 11.4 Å². The summed E-state index contributed by atoms with van der Waals surface area (Å²) in [4.78, 5) is 30.6. The lowest BCUT2D eigenvalue weighted by atomic mass is 10.1. The Hall–Kier alpha value is -3.16. The molecule has 1 atom stereocenters. The van der Waals surface area contributed by atoms with Crippen molar-refractivity contribution in [3.05, 3.63) is 48.2 Å². The molecule has 2 N–H and O–H groups in total. The molecule has 8 nitrogen and oxygen atoms in total. The van der Waals surface area contributed by atoms with Gasteiger partial charge in [-0.2, -0.15) is 5.10 Å². The van der Waals surface area contributed by atoms with E-state index >= 15 is 0 Å². The minimum atomic E-state index is -0.360. The number of nitrogens with one attached hydrogen (secondary N) is 2. The molecule has 0 aromatic carbocycles. The van der Waals surface area contributed by atoms with Gasteiger partial charge in [-0.15, -0.1) is 0 Å². The van der Waals surface area contributed by atoms with Crippen LogP contribution in [0.1, 0.15) is 17.8 Å². The van der Waals surface area contributed by atoms with Gasteiger partial charge in [0.1, 0.15) is 5.65 Å². The number of hydrogen-bond donors (Lipinski definition) is 2. The molecule has 2 amide bonds. The zero-order valence-corrected chi connectivity index (χ0v) is 13.8. The normalized spacial score (nSPS) is 17.4. The Bertz CT molecular complexity index is 930. The van der Waals surface area contributed by atoms with Crippen molar-refractivity contribution in [1.29, 1.82) is 0 Å². The smallest absolute Gasteiger partial charge is 0.227 e. The van der Waals surface area contributed by atoms with Gasteiger partial charge < -0.3 is 14.6 Å². The van der Waals surface area contributed by atoms with Crippen LogP contribution in [0.25, 0.3) is 5.65 Å². The highest BCUT2D eigenvalue weighted by Crippen LogP contribution is 2.24. The van der Waals surface area contributed by atoms with Crippen LogP contribution in [0.5, 0.6) is 0 Å². The molecule has 1 fully saturated rings. The van der Waals surface area contributed by atoms with Gasteiger partial charge in [0.15, 0.2) is 0 Å². The van der Waals surface area contributed by atoms with Crippen LogP contribution < -0.4 is 10.2 Å². The van der Waals surface area contributed by atoms with Crippen LogP contribution >= 0.6 is 0 Å². The first-order valence-electron chi connectivity index (χ1n) is 8.12. The molecule has 0 bridgehead atoms. The van der Waals surface area contributed by atoms with E-state index in [1.165, 1.54) is 0 Å². The number of amides is 2. The number of imidazole rings is 1. The van der Waals surface area contributed by atoms with Crippen molar-refractivity contribution < 1.29 is 9.59 Å². The van der Waals surface area contributed by atoms with Crippen molar-refractivity contribution in [3.8, 4) is 0 Å². The Morgan fingerprint density at radius 3 is 3.08 bits per heavy atom. The topological polar surface area (TPSA) is 95.4 Å². The summed E-state index contributed by atoms with van der Waals surface area (Å²) < 4.78 is 1.99. The number of rotatable bonds is 4. The number of carbonyl (C=O) groups excluding carboxylic acids is 2. The highest BCUT2D eigenvalue weighted by molar-refractivity contribution is 6.00. The maximum Gasteiger partial charge on any atom is 0.227 e. The molecule has 1 unspecified atom stereocenters. The minimum absolute atomic E-state index is 0.0649. The number of hydrogen-bond acceptors (Lipinski definition) is 4. The molecular weight excluding hydrogens is 320 g/mol. The Morgan fingerprint density at radius 2 is 2.32 bits per heavy atom. The van der Waals surface area contributed by atoms with Gasteiger partial charge in [-0.3, -0.25) is 14.7 Å². The zero-order valence-electron chi connectivity index (χ0n) is 13.8. The summed E-state index contributed by atoms with van der Waals surface area (Å²) in [6.07, 6.45) is 5.36. The first kappa shape index (κ1) is 15.4. The maximum absolute atomic E-state index is 12.4. The Kier molecular flexibility index (Phi) is 3.72. The molecule has 0 saturated carbocycles. The lowest BCUT2D eigenvalue weighted by Gasteiger charge is -2.13. The highest BCUT2D eigenvalue weighted by atomic mass is 16.2. The number of fused-ring (bicyclic) bond motifs is 1. The Balaban J connectivity index is 1.40. The van der Waals surface area contributed by atoms with E-state index in [9.17, 15) is 9.59 Å². The number of nitrogens with zero attached hydrogens (tertiary/aromatic N) is 4. The number of aryl methyl sites for hydroxylation is 1. The third kappa shape index (κ3) is 2.86. The summed E-state index contributed by atoms with van der Waals surface area (Å²) in [5.74, 6) is -0.556. The molecule has 3 aromatic heterocycles. The molecule has 0 spiro atoms. The first-order valence-corrected chi connectivity index (χ1v) is 8.12. The SMILES string of the molecule is Cc1cccc2nc(CNC(=O)C3CC(=O)N(c4cn[nH]c4)C3)cn12. The number of carbonyl (C=O) groups is 2. The van der Waals surface area contributed by atoms with Gasteiger partial charge in [-0.25, -0.2) is 4.98 Å². The summed E-state index contributed by atoms with van der Waals surface area (Å²) in [5.41, 5.74) is 3.42. The lowest BCUT2D eigenvalue weighted by molar-refractivity contribution is -0.126. The van der Waals surface area contributed by atoms with Crippen LogP contribution in [0.15, 0.2) is 36.8 Å². The predicted molar refractivity (Wildman–Crippen MR) is 90.8 cm³/mol. The number of H-pyrrole nitrogens is 1. The van der Waals surface area contributed by atoms with Gasteiger partial charge in [-0.1, -0.05) is 6.07 Å². The van der Waals surface area contributed by atoms with E-state index in [2.05, 4.69) is 20.5 Å². The maximum atomic E-state index is 12.4. The monoisotopic (exact) mass is 338 g/mol. The second kappa shape index (κ2) is 6.04. The van der Waals surface area contributed by atoms with Crippen LogP contribution in [0.2, 0.25) is 0 Å². The molecule has 3 aromatic rings. The molecule has 128 valence electrons. The number of pyridine rings is 1. The number of aromatic nitrogens is 4. The third-order valence-corrected chi connectivity index (χ3v) is 4.48. The van der Waals surface area contributed by atoms with Gasteiger partial charge in [0.25, 0.3) is 0 Å². The largest absolute Gasteiger partial charge is 0.350 e. The molecule has 1 aliphatic rings. The fourth-order valence-electron chi connectivity index (χ4n) is 3.13. The summed E-state index contributed by atoms with van der Waals surface area (Å²) in [7, 11) is 0. The van der Waals surface area contributed by atoms with Crippen molar-refractivity contribution >= 4 is 23.1 Å². The van der Waals surface area contributed by atoms with Gasteiger partial charge in [0.2, 0.25) is 11.8 Å². The highest BCUT2D eigenvalue weighted by Gasteiger charge is 2.35. The van der Waals surface area contributed by atoms with Crippen molar-refractivity contribution in [3.63, 3.8) is 0 Å². The third-order valence-electron chi connectivity index (χ3n) is 4.48. The molecule has 0 radical (unpaired) electrons. The average Bonchev–Trinajstić information content (AvgIpc) is 3.31. The average molecular weight is 338 g/mol. The summed E-state index contributed by atoms with van der Waals surface area (Å²) in [5, 5.41) is 9.42. The van der Waals surface area contributed by atoms with Crippen molar-refractivity contribution in [1.82, 2.24) is 24.9 Å². The summed E-state index contributed by atoms with van der Waals surface area (Å²) in [6, 6.07) is 5.89. The van der Waals surface area contributed by atoms with Gasteiger partial charge in [0.05, 0.1) is 30.0 Å². The fraction of sp³-hybridized carbons (Fsp3) is 0.294. The standard InChI is InChI=1S/C17H18N6O2/c1-11-3-2-4-15-21-13(10-22(11)15)6-18-17(25)12-5-16(24)23(9-12)14-7-19-20-8-14/h2-4,7-8,10,12H,5-6,9H2,1H3,(H,18,25)(H,19,20). The van der Waals surface area contributed by atoms with Crippen LogP contribution in [-0.4, -0.2) is 37.9 Å². The van der Waals surface area contributed by atoms with E-state index in [0.29, 0.717) is 18.8 Å². The number of aromatic amines is 1. The molecule has 25 heavy (non-hydrogen) atoms. The van der Waals surface area contributed by atoms with Gasteiger partial charge in [-0.05, 0) is 19.1 Å². The fourth-order valence-corrected chi connectivity index (χ4v) is 3.13. The van der Waals surface area contributed by atoms with Crippen LogP contribution in [-0.2, 0) is 16.1 Å². The summed E-state index contributed by atoms with van der Waals surface area (Å²) >= 11 is 0. The van der Waals surface area contributed by atoms with E-state index in [0.717, 1.165) is 17.0 Å². The van der Waals surface area contributed by atoms with Crippen LogP contribution in [0.3, 0.4) is 0 Å². The van der Waals surface area contributed by atoms with Crippen molar-refractivity contribution in [2.24, 2.45) is 5.92 Å². The van der Waals surface area contributed by atoms with Crippen LogP contribution in [0.4, 0.5) is 5.69 Å². The van der Waals surface area contributed by atoms with Crippen LogP contribution in [0, 0.1) is 12.8 Å². The van der Waals surface area contributed by atoms with E-state index in [4.69, 9.17) is 0 Å². The van der Waals surface area contributed by atoms with Gasteiger partial charge >= 0.3 is 0 Å². The lowest BCUT2D eigenvalue weighted by Crippen LogP contribution is -2.32. The van der Waals surface area contributed by atoms with Gasteiger partial charge in [0, 0.05) is 31.1 Å². The van der Waals surface area contributed by atoms with E-state index in [1.54, 1.807) is 17.3 Å². The van der Waals surface area contributed by atoms with E-state index in [1.807, 2.05) is 35.7 Å². The Morgan fingerprint density at radius 1 is 1.44 bits per heavy atom. The minimum Gasteiger partial charge on any atom is -0.350 e. The zero-order chi connectivity index (χ0) is 17.4. The van der Waals surface area contributed by atoms with E-state index < -0.39 is 0 Å². The molecule has 4 rings (SSSR count).